The summed E-state index contributed by atoms with van der Waals surface area (Å²) in [6.07, 6.45) is 0. The SMILES string of the molecule is COc1ccc(OCCOc2ccc(C(=O)O)c(O)c2)cc1.[Zn]. The molecule has 0 bridgehead atoms. The molecule has 0 aromatic heterocycles. The molecule has 0 aliphatic carbocycles. The summed E-state index contributed by atoms with van der Waals surface area (Å²) in [5, 5.41) is 18.3. The molecule has 0 fully saturated rings. The molecular formula is C16H16O6Zn. The van der Waals surface area contributed by atoms with Gasteiger partial charge in [-0.15, -0.1) is 0 Å². The third kappa shape index (κ3) is 5.45. The summed E-state index contributed by atoms with van der Waals surface area (Å²) in [5.41, 5.74) is -0.165. The van der Waals surface area contributed by atoms with Crippen LogP contribution >= 0.6 is 0 Å². The van der Waals surface area contributed by atoms with Crippen molar-refractivity contribution in [3.8, 4) is 23.0 Å². The van der Waals surface area contributed by atoms with E-state index in [0.29, 0.717) is 18.1 Å². The standard InChI is InChI=1S/C16H16O6.Zn/c1-20-11-2-4-12(5-3-11)21-8-9-22-13-6-7-14(16(18)19)15(17)10-13;/h2-7,10,17H,8-9H2,1H3,(H,18,19);. The van der Waals surface area contributed by atoms with Crippen LogP contribution in [0.1, 0.15) is 10.4 Å². The van der Waals surface area contributed by atoms with E-state index in [-0.39, 0.29) is 37.4 Å². The number of aromatic carboxylic acids is 1. The fraction of sp³-hybridized carbons (Fsp3) is 0.188. The van der Waals surface area contributed by atoms with Crippen LogP contribution in [0, 0.1) is 0 Å². The zero-order valence-electron chi connectivity index (χ0n) is 12.7. The van der Waals surface area contributed by atoms with Crippen molar-refractivity contribution in [2.24, 2.45) is 0 Å². The number of hydrogen-bond donors (Lipinski definition) is 2. The minimum absolute atomic E-state index is 0. The summed E-state index contributed by atoms with van der Waals surface area (Å²) in [4.78, 5) is 10.8. The molecule has 2 N–H and O–H groups in total. The van der Waals surface area contributed by atoms with Crippen LogP contribution < -0.4 is 14.2 Å². The predicted octanol–water partition coefficient (Wildman–Crippen LogP) is 2.55. The van der Waals surface area contributed by atoms with Crippen LogP contribution in [-0.4, -0.2) is 36.5 Å². The van der Waals surface area contributed by atoms with Gasteiger partial charge in [-0.25, -0.2) is 4.79 Å². The van der Waals surface area contributed by atoms with E-state index in [1.54, 1.807) is 31.4 Å². The Morgan fingerprint density at radius 3 is 2.00 bits per heavy atom. The summed E-state index contributed by atoms with van der Waals surface area (Å²) >= 11 is 0. The molecule has 0 amide bonds. The Morgan fingerprint density at radius 1 is 0.957 bits per heavy atom. The fourth-order valence-electron chi connectivity index (χ4n) is 1.77. The van der Waals surface area contributed by atoms with Gasteiger partial charge >= 0.3 is 5.97 Å². The Labute approximate surface area is 146 Å². The number of hydrogen-bond acceptors (Lipinski definition) is 5. The Bertz CT molecular complexity index is 642. The number of phenols is 1. The first kappa shape index (κ1) is 18.8. The number of benzene rings is 2. The van der Waals surface area contributed by atoms with Crippen molar-refractivity contribution in [1.82, 2.24) is 0 Å². The number of carboxylic acids is 1. The molecule has 2 aromatic carbocycles. The molecule has 0 aliphatic heterocycles. The quantitative estimate of drug-likeness (QED) is 0.576. The molecule has 0 saturated carbocycles. The van der Waals surface area contributed by atoms with Gasteiger partial charge in [0.2, 0.25) is 0 Å². The molecule has 0 spiro atoms. The molecular weight excluding hydrogens is 354 g/mol. The van der Waals surface area contributed by atoms with Gasteiger partial charge in [0.05, 0.1) is 7.11 Å². The Kier molecular flexibility index (Phi) is 7.35. The second-order valence-electron chi connectivity index (χ2n) is 4.36. The first-order valence-electron chi connectivity index (χ1n) is 6.56. The molecule has 2 aromatic rings. The van der Waals surface area contributed by atoms with Gasteiger partial charge < -0.3 is 24.4 Å². The van der Waals surface area contributed by atoms with Crippen LogP contribution in [0.3, 0.4) is 0 Å². The van der Waals surface area contributed by atoms with Gasteiger partial charge in [-0.2, -0.15) is 0 Å². The molecule has 0 heterocycles. The zero-order chi connectivity index (χ0) is 15.9. The van der Waals surface area contributed by atoms with Gasteiger partial charge in [-0.3, -0.25) is 0 Å². The predicted molar refractivity (Wildman–Crippen MR) is 79.1 cm³/mol. The van der Waals surface area contributed by atoms with Crippen molar-refractivity contribution in [2.45, 2.75) is 0 Å². The maximum atomic E-state index is 10.8. The van der Waals surface area contributed by atoms with E-state index in [9.17, 15) is 9.90 Å². The molecule has 0 aliphatic rings. The van der Waals surface area contributed by atoms with Crippen molar-refractivity contribution < 1.29 is 48.7 Å². The molecule has 0 unspecified atom stereocenters. The summed E-state index contributed by atoms with van der Waals surface area (Å²) in [7, 11) is 1.59. The first-order chi connectivity index (χ1) is 10.6. The smallest absolute Gasteiger partial charge is 0.339 e. The van der Waals surface area contributed by atoms with Gasteiger partial charge in [-0.05, 0) is 36.4 Å². The Hall–Kier alpha value is -2.27. The summed E-state index contributed by atoms with van der Waals surface area (Å²) in [6, 6.07) is 11.2. The number of aromatic hydroxyl groups is 1. The maximum Gasteiger partial charge on any atom is 0.339 e. The molecule has 6 nitrogen and oxygen atoms in total. The molecule has 23 heavy (non-hydrogen) atoms. The van der Waals surface area contributed by atoms with E-state index >= 15 is 0 Å². The first-order valence-corrected chi connectivity index (χ1v) is 6.56. The third-order valence-corrected chi connectivity index (χ3v) is 2.88. The number of ether oxygens (including phenoxy) is 3. The van der Waals surface area contributed by atoms with E-state index in [0.717, 1.165) is 5.75 Å². The minimum Gasteiger partial charge on any atom is -0.507 e. The Morgan fingerprint density at radius 2 is 1.48 bits per heavy atom. The normalized spacial score (nSPS) is 9.61. The third-order valence-electron chi connectivity index (χ3n) is 2.88. The number of rotatable bonds is 7. The molecule has 0 saturated heterocycles. The van der Waals surface area contributed by atoms with Gasteiger partial charge in [0.15, 0.2) is 0 Å². The molecule has 2 rings (SSSR count). The van der Waals surface area contributed by atoms with Gasteiger partial charge in [-0.1, -0.05) is 0 Å². The van der Waals surface area contributed by atoms with Gasteiger partial charge in [0, 0.05) is 25.5 Å². The van der Waals surface area contributed by atoms with Gasteiger partial charge in [0.1, 0.15) is 41.8 Å². The number of methoxy groups -OCH3 is 1. The van der Waals surface area contributed by atoms with E-state index in [4.69, 9.17) is 19.3 Å². The maximum absolute atomic E-state index is 10.8. The van der Waals surface area contributed by atoms with Crippen LogP contribution in [0.25, 0.3) is 0 Å². The molecule has 7 heteroatoms. The van der Waals surface area contributed by atoms with Crippen LogP contribution in [0.5, 0.6) is 23.0 Å². The fourth-order valence-corrected chi connectivity index (χ4v) is 1.77. The number of carbonyl (C=O) groups is 1. The molecule has 118 valence electrons. The van der Waals surface area contributed by atoms with Crippen molar-refractivity contribution >= 4 is 5.97 Å². The average molecular weight is 370 g/mol. The van der Waals surface area contributed by atoms with Gasteiger partial charge in [0.25, 0.3) is 0 Å². The topological polar surface area (TPSA) is 85.2 Å². The van der Waals surface area contributed by atoms with Crippen molar-refractivity contribution in [3.05, 3.63) is 48.0 Å². The summed E-state index contributed by atoms with van der Waals surface area (Å²) in [5.74, 6) is 0.292. The van der Waals surface area contributed by atoms with E-state index in [1.807, 2.05) is 0 Å². The van der Waals surface area contributed by atoms with Crippen LogP contribution in [-0.2, 0) is 19.5 Å². The monoisotopic (exact) mass is 368 g/mol. The largest absolute Gasteiger partial charge is 0.507 e. The zero-order valence-corrected chi connectivity index (χ0v) is 15.7. The van der Waals surface area contributed by atoms with E-state index in [1.165, 1.54) is 18.2 Å². The second kappa shape index (κ2) is 9.00. The van der Waals surface area contributed by atoms with E-state index < -0.39 is 5.97 Å². The summed E-state index contributed by atoms with van der Waals surface area (Å²) < 4.78 is 15.9. The van der Waals surface area contributed by atoms with Crippen LogP contribution in [0.4, 0.5) is 0 Å². The molecule has 0 radical (unpaired) electrons. The molecule has 0 atom stereocenters. The Balaban J connectivity index is 0.00000264. The second-order valence-corrected chi connectivity index (χ2v) is 4.36. The summed E-state index contributed by atoms with van der Waals surface area (Å²) in [6.45, 7) is 0.575. The average Bonchev–Trinajstić information content (AvgIpc) is 2.52. The minimum atomic E-state index is -1.19. The van der Waals surface area contributed by atoms with Crippen LogP contribution in [0.2, 0.25) is 0 Å². The van der Waals surface area contributed by atoms with Crippen molar-refractivity contribution in [3.63, 3.8) is 0 Å². The van der Waals surface area contributed by atoms with Crippen molar-refractivity contribution in [1.29, 1.82) is 0 Å². The van der Waals surface area contributed by atoms with E-state index in [2.05, 4.69) is 0 Å². The number of carboxylic acid groups (broad SMARTS) is 1. The van der Waals surface area contributed by atoms with Crippen LogP contribution in [0.15, 0.2) is 42.5 Å². The van der Waals surface area contributed by atoms with Crippen molar-refractivity contribution in [2.75, 3.05) is 20.3 Å².